The largest absolute Gasteiger partial charge is 0.229 e. The van der Waals surface area contributed by atoms with Crippen molar-refractivity contribution < 1.29 is 0 Å². The third kappa shape index (κ3) is 2.89. The number of isothiocyanates is 1. The fraction of sp³-hybridized carbons (Fsp3) is 0.833. The van der Waals surface area contributed by atoms with Crippen molar-refractivity contribution in [3.05, 3.63) is 0 Å². The quantitative estimate of drug-likeness (QED) is 0.411. The van der Waals surface area contributed by atoms with Crippen LogP contribution in [-0.2, 0) is 0 Å². The zero-order chi connectivity index (χ0) is 6.57. The maximum atomic E-state index is 4.43. The van der Waals surface area contributed by atoms with Crippen LogP contribution in [0.3, 0.4) is 0 Å². The minimum absolute atomic E-state index is 0.326. The second-order valence-electron chi connectivity index (χ2n) is 2.21. The van der Waals surface area contributed by atoms with E-state index in [9.17, 15) is 0 Å². The molecule has 1 atom stereocenters. The molecule has 0 aliphatic heterocycles. The van der Waals surface area contributed by atoms with Gasteiger partial charge in [-0.3, -0.25) is 0 Å². The smallest absolute Gasteiger partial charge is 0.0597 e. The number of thiocarbonyl (C=S) groups is 1. The number of nitrogens with zero attached hydrogens (tertiary/aromatic N) is 1. The molecule has 0 unspecified atom stereocenters. The third-order valence-electron chi connectivity index (χ3n) is 1.22. The maximum absolute atomic E-state index is 4.43. The van der Waals surface area contributed by atoms with E-state index in [1.807, 2.05) is 6.92 Å². The number of hydrogen-bond donors (Lipinski definition) is 0. The fourth-order valence-corrected chi connectivity index (χ4v) is 0.398. The highest BCUT2D eigenvalue weighted by Gasteiger charge is 2.01. The van der Waals surface area contributed by atoms with Crippen molar-refractivity contribution in [3.63, 3.8) is 0 Å². The molecule has 0 aliphatic carbocycles. The minimum atomic E-state index is 0.326. The molecule has 1 nitrogen and oxygen atoms in total. The second-order valence-corrected chi connectivity index (χ2v) is 2.39. The molecule has 0 radical (unpaired) electrons. The molecular formula is C6H11NS. The van der Waals surface area contributed by atoms with E-state index in [4.69, 9.17) is 0 Å². The number of hydrogen-bond acceptors (Lipinski definition) is 2. The van der Waals surface area contributed by atoms with E-state index in [0.29, 0.717) is 12.0 Å². The summed E-state index contributed by atoms with van der Waals surface area (Å²) in [7, 11) is 0. The number of rotatable bonds is 2. The first-order valence-corrected chi connectivity index (χ1v) is 3.16. The molecule has 0 aliphatic rings. The Kier molecular flexibility index (Phi) is 3.67. The summed E-state index contributed by atoms with van der Waals surface area (Å²) in [4.78, 5) is 3.89. The summed E-state index contributed by atoms with van der Waals surface area (Å²) >= 11 is 4.43. The highest BCUT2D eigenvalue weighted by Crippen LogP contribution is 2.02. The lowest BCUT2D eigenvalue weighted by Crippen LogP contribution is -2.05. The van der Waals surface area contributed by atoms with Gasteiger partial charge in [0.25, 0.3) is 0 Å². The van der Waals surface area contributed by atoms with Gasteiger partial charge in [0.05, 0.1) is 11.2 Å². The molecule has 0 saturated heterocycles. The molecule has 8 heavy (non-hydrogen) atoms. The van der Waals surface area contributed by atoms with Crippen LogP contribution in [0.1, 0.15) is 20.8 Å². The van der Waals surface area contributed by atoms with Crippen LogP contribution in [0.4, 0.5) is 0 Å². The number of aliphatic imine (C=N–C) groups is 1. The van der Waals surface area contributed by atoms with E-state index in [0.717, 1.165) is 0 Å². The van der Waals surface area contributed by atoms with Crippen LogP contribution < -0.4 is 0 Å². The summed E-state index contributed by atoms with van der Waals surface area (Å²) < 4.78 is 0. The molecule has 0 amide bonds. The van der Waals surface area contributed by atoms with Crippen LogP contribution >= 0.6 is 12.2 Å². The molecule has 0 aromatic rings. The lowest BCUT2D eigenvalue weighted by Gasteiger charge is -2.05. The van der Waals surface area contributed by atoms with Gasteiger partial charge < -0.3 is 0 Å². The van der Waals surface area contributed by atoms with Crippen LogP contribution in [0.5, 0.6) is 0 Å². The first kappa shape index (κ1) is 7.80. The topological polar surface area (TPSA) is 12.4 Å². The van der Waals surface area contributed by atoms with E-state index in [1.165, 1.54) is 0 Å². The molecule has 0 fully saturated rings. The van der Waals surface area contributed by atoms with Crippen molar-refractivity contribution in [2.75, 3.05) is 0 Å². The summed E-state index contributed by atoms with van der Waals surface area (Å²) in [6.07, 6.45) is 0. The molecule has 0 spiro atoms. The monoisotopic (exact) mass is 129 g/mol. The van der Waals surface area contributed by atoms with Gasteiger partial charge >= 0.3 is 0 Å². The summed E-state index contributed by atoms with van der Waals surface area (Å²) in [5, 5.41) is 2.36. The van der Waals surface area contributed by atoms with Crippen LogP contribution in [0.15, 0.2) is 4.99 Å². The van der Waals surface area contributed by atoms with Crippen LogP contribution in [0, 0.1) is 5.92 Å². The van der Waals surface area contributed by atoms with E-state index < -0.39 is 0 Å². The van der Waals surface area contributed by atoms with Gasteiger partial charge in [0.15, 0.2) is 0 Å². The van der Waals surface area contributed by atoms with Crippen molar-refractivity contribution in [2.24, 2.45) is 10.9 Å². The zero-order valence-corrected chi connectivity index (χ0v) is 6.33. The summed E-state index contributed by atoms with van der Waals surface area (Å²) in [5.74, 6) is 0.574. The summed E-state index contributed by atoms with van der Waals surface area (Å²) in [5.41, 5.74) is 0. The fourth-order valence-electron chi connectivity index (χ4n) is 0.232. The average Bonchev–Trinajstić information content (AvgIpc) is 1.67. The van der Waals surface area contributed by atoms with Crippen molar-refractivity contribution in [3.8, 4) is 0 Å². The molecule has 0 N–H and O–H groups in total. The van der Waals surface area contributed by atoms with Crippen molar-refractivity contribution in [1.82, 2.24) is 0 Å². The van der Waals surface area contributed by atoms with Crippen molar-refractivity contribution in [2.45, 2.75) is 26.8 Å². The molecule has 0 aromatic heterocycles. The average molecular weight is 129 g/mol. The van der Waals surface area contributed by atoms with E-state index in [1.54, 1.807) is 0 Å². The Balaban J connectivity index is 3.63. The Hall–Kier alpha value is -0.200. The molecule has 0 saturated carbocycles. The Labute approximate surface area is 55.8 Å². The third-order valence-corrected chi connectivity index (χ3v) is 1.33. The van der Waals surface area contributed by atoms with Crippen LogP contribution in [-0.4, -0.2) is 11.2 Å². The lowest BCUT2D eigenvalue weighted by molar-refractivity contribution is 0.534. The SMILES string of the molecule is CC(C)[C@H](C)N=C=S. The van der Waals surface area contributed by atoms with Crippen molar-refractivity contribution >= 4 is 17.4 Å². The molecule has 0 bridgehead atoms. The van der Waals surface area contributed by atoms with E-state index in [2.05, 4.69) is 36.2 Å². The predicted molar refractivity (Wildman–Crippen MR) is 39.3 cm³/mol. The first-order chi connectivity index (χ1) is 3.68. The maximum Gasteiger partial charge on any atom is 0.0597 e. The Morgan fingerprint density at radius 1 is 1.38 bits per heavy atom. The molecular weight excluding hydrogens is 118 g/mol. The minimum Gasteiger partial charge on any atom is -0.229 e. The van der Waals surface area contributed by atoms with E-state index in [-0.39, 0.29) is 0 Å². The highest BCUT2D eigenvalue weighted by molar-refractivity contribution is 7.78. The summed E-state index contributed by atoms with van der Waals surface area (Å²) in [6, 6.07) is 0.326. The zero-order valence-electron chi connectivity index (χ0n) is 5.51. The van der Waals surface area contributed by atoms with Gasteiger partial charge in [-0.25, -0.2) is 4.99 Å². The summed E-state index contributed by atoms with van der Waals surface area (Å²) in [6.45, 7) is 6.26. The van der Waals surface area contributed by atoms with Crippen molar-refractivity contribution in [1.29, 1.82) is 0 Å². The predicted octanol–water partition coefficient (Wildman–Crippen LogP) is 2.13. The van der Waals surface area contributed by atoms with Gasteiger partial charge in [-0.2, -0.15) is 0 Å². The lowest BCUT2D eigenvalue weighted by atomic mass is 10.1. The standard InChI is InChI=1S/C6H11NS/c1-5(2)6(3)7-4-8/h5-6H,1-3H3/t6-/m0/s1. The van der Waals surface area contributed by atoms with Gasteiger partial charge in [-0.1, -0.05) is 13.8 Å². The normalized spacial score (nSPS) is 13.0. The second kappa shape index (κ2) is 3.76. The Morgan fingerprint density at radius 2 is 1.88 bits per heavy atom. The first-order valence-electron chi connectivity index (χ1n) is 2.75. The molecule has 2 heteroatoms. The molecule has 0 rings (SSSR count). The highest BCUT2D eigenvalue weighted by atomic mass is 32.1. The van der Waals surface area contributed by atoms with Gasteiger partial charge in [0, 0.05) is 0 Å². The van der Waals surface area contributed by atoms with Crippen LogP contribution in [0.2, 0.25) is 0 Å². The van der Waals surface area contributed by atoms with Gasteiger partial charge in [0.2, 0.25) is 0 Å². The van der Waals surface area contributed by atoms with Gasteiger partial charge in [-0.05, 0) is 25.1 Å². The van der Waals surface area contributed by atoms with Gasteiger partial charge in [-0.15, -0.1) is 0 Å². The molecule has 0 aromatic carbocycles. The Morgan fingerprint density at radius 3 is 2.00 bits per heavy atom. The van der Waals surface area contributed by atoms with Gasteiger partial charge in [0.1, 0.15) is 0 Å². The van der Waals surface area contributed by atoms with Crippen LogP contribution in [0.25, 0.3) is 0 Å². The Bertz CT molecular complexity index is 103. The molecule has 0 heterocycles. The molecule has 46 valence electrons. The van der Waals surface area contributed by atoms with E-state index >= 15 is 0 Å².